The molecule has 4 nitrogen and oxygen atoms in total. The van der Waals surface area contributed by atoms with Gasteiger partial charge in [0, 0.05) is 11.6 Å². The minimum absolute atomic E-state index is 0.121. The molecule has 0 aliphatic carbocycles. The number of rotatable bonds is 4. The molecular formula is C15H13ClF2N2O2. The molecule has 22 heavy (non-hydrogen) atoms. The van der Waals surface area contributed by atoms with Crippen LogP contribution in [0.15, 0.2) is 42.5 Å². The highest BCUT2D eigenvalue weighted by atomic mass is 35.5. The van der Waals surface area contributed by atoms with Gasteiger partial charge in [0.05, 0.1) is 6.10 Å². The quantitative estimate of drug-likeness (QED) is 0.805. The van der Waals surface area contributed by atoms with Crippen molar-refractivity contribution >= 4 is 23.3 Å². The lowest BCUT2D eigenvalue weighted by Crippen LogP contribution is -2.33. The first-order valence-corrected chi connectivity index (χ1v) is 6.77. The zero-order chi connectivity index (χ0) is 16.1. The van der Waals surface area contributed by atoms with Gasteiger partial charge in [0.2, 0.25) is 0 Å². The highest BCUT2D eigenvalue weighted by Gasteiger charge is 2.13. The lowest BCUT2D eigenvalue weighted by molar-refractivity contribution is 0.175. The van der Waals surface area contributed by atoms with E-state index in [1.54, 1.807) is 24.3 Å². The third-order valence-electron chi connectivity index (χ3n) is 2.91. The highest BCUT2D eigenvalue weighted by Crippen LogP contribution is 2.18. The zero-order valence-electron chi connectivity index (χ0n) is 11.3. The first kappa shape index (κ1) is 16.2. The van der Waals surface area contributed by atoms with Gasteiger partial charge in [-0.3, -0.25) is 0 Å². The largest absolute Gasteiger partial charge is 0.387 e. The molecule has 2 amide bonds. The van der Waals surface area contributed by atoms with Crippen LogP contribution >= 0.6 is 11.6 Å². The number of anilines is 1. The maximum absolute atomic E-state index is 13.4. The second kappa shape index (κ2) is 7.20. The van der Waals surface area contributed by atoms with Crippen LogP contribution in [0.2, 0.25) is 5.02 Å². The summed E-state index contributed by atoms with van der Waals surface area (Å²) >= 11 is 5.73. The SMILES string of the molecule is O=C(NCC(O)c1ccc(Cl)cc1)Nc1c(F)cccc1F. The number of hydrogen-bond donors (Lipinski definition) is 3. The zero-order valence-corrected chi connectivity index (χ0v) is 12.1. The Bertz CT molecular complexity index is 645. The smallest absolute Gasteiger partial charge is 0.319 e. The fourth-order valence-corrected chi connectivity index (χ4v) is 1.89. The van der Waals surface area contributed by atoms with E-state index in [-0.39, 0.29) is 6.54 Å². The summed E-state index contributed by atoms with van der Waals surface area (Å²) in [6.07, 6.45) is -0.964. The third-order valence-corrected chi connectivity index (χ3v) is 3.16. The van der Waals surface area contributed by atoms with Crippen molar-refractivity contribution in [2.75, 3.05) is 11.9 Å². The number of halogens is 3. The summed E-state index contributed by atoms with van der Waals surface area (Å²) in [5, 5.41) is 14.8. The van der Waals surface area contributed by atoms with Crippen LogP contribution in [0.4, 0.5) is 19.3 Å². The van der Waals surface area contributed by atoms with Gasteiger partial charge in [-0.2, -0.15) is 0 Å². The number of carbonyl (C=O) groups excluding carboxylic acids is 1. The average molecular weight is 327 g/mol. The van der Waals surface area contributed by atoms with E-state index < -0.39 is 29.5 Å². The lowest BCUT2D eigenvalue weighted by atomic mass is 10.1. The highest BCUT2D eigenvalue weighted by molar-refractivity contribution is 6.30. The first-order chi connectivity index (χ1) is 10.5. The Morgan fingerprint density at radius 1 is 1.14 bits per heavy atom. The minimum atomic E-state index is -0.964. The van der Waals surface area contributed by atoms with Gasteiger partial charge >= 0.3 is 6.03 Å². The monoisotopic (exact) mass is 326 g/mol. The van der Waals surface area contributed by atoms with Crippen molar-refractivity contribution in [1.29, 1.82) is 0 Å². The van der Waals surface area contributed by atoms with Crippen LogP contribution < -0.4 is 10.6 Å². The van der Waals surface area contributed by atoms with Crippen LogP contribution in [0.1, 0.15) is 11.7 Å². The predicted molar refractivity (Wildman–Crippen MR) is 79.8 cm³/mol. The summed E-state index contributed by atoms with van der Waals surface area (Å²) in [5.41, 5.74) is 0.0164. The van der Waals surface area contributed by atoms with Gasteiger partial charge in [-0.25, -0.2) is 13.6 Å². The molecule has 0 aliphatic heterocycles. The van der Waals surface area contributed by atoms with Crippen molar-refractivity contribution in [1.82, 2.24) is 5.32 Å². The molecule has 116 valence electrons. The average Bonchev–Trinajstić information content (AvgIpc) is 2.49. The molecule has 1 atom stereocenters. The Kier molecular flexibility index (Phi) is 5.30. The van der Waals surface area contributed by atoms with Crippen LogP contribution in [0.3, 0.4) is 0 Å². The summed E-state index contributed by atoms with van der Waals surface area (Å²) in [7, 11) is 0. The molecule has 7 heteroatoms. The van der Waals surface area contributed by atoms with E-state index in [1.807, 2.05) is 0 Å². The Labute approximate surface area is 130 Å². The summed E-state index contributed by atoms with van der Waals surface area (Å²) < 4.78 is 26.7. The number of aliphatic hydroxyl groups is 1. The normalized spacial score (nSPS) is 11.8. The Morgan fingerprint density at radius 2 is 1.73 bits per heavy atom. The first-order valence-electron chi connectivity index (χ1n) is 6.40. The molecule has 3 N–H and O–H groups in total. The fraction of sp³-hybridized carbons (Fsp3) is 0.133. The lowest BCUT2D eigenvalue weighted by Gasteiger charge is -2.13. The maximum atomic E-state index is 13.4. The molecule has 2 rings (SSSR count). The molecule has 0 saturated heterocycles. The molecular weight excluding hydrogens is 314 g/mol. The molecule has 0 aliphatic rings. The maximum Gasteiger partial charge on any atom is 0.319 e. The number of hydrogen-bond acceptors (Lipinski definition) is 2. The van der Waals surface area contributed by atoms with Gasteiger partial charge in [-0.15, -0.1) is 0 Å². The molecule has 2 aromatic rings. The van der Waals surface area contributed by atoms with E-state index in [0.29, 0.717) is 10.6 Å². The van der Waals surface area contributed by atoms with E-state index in [0.717, 1.165) is 12.1 Å². The number of aliphatic hydroxyl groups excluding tert-OH is 1. The van der Waals surface area contributed by atoms with E-state index in [9.17, 15) is 18.7 Å². The van der Waals surface area contributed by atoms with Gasteiger partial charge in [0.15, 0.2) is 0 Å². The van der Waals surface area contributed by atoms with E-state index in [2.05, 4.69) is 10.6 Å². The predicted octanol–water partition coefficient (Wildman–Crippen LogP) is 3.47. The van der Waals surface area contributed by atoms with Gasteiger partial charge < -0.3 is 15.7 Å². The molecule has 2 aromatic carbocycles. The molecule has 0 spiro atoms. The molecule has 0 heterocycles. The summed E-state index contributed by atoms with van der Waals surface area (Å²) in [4.78, 5) is 11.6. The van der Waals surface area contributed by atoms with Crippen molar-refractivity contribution in [3.63, 3.8) is 0 Å². The molecule has 1 unspecified atom stereocenters. The Morgan fingerprint density at radius 3 is 2.32 bits per heavy atom. The number of amides is 2. The van der Waals surface area contributed by atoms with Crippen LogP contribution in [0.5, 0.6) is 0 Å². The second-order valence-electron chi connectivity index (χ2n) is 4.50. The molecule has 0 saturated carbocycles. The van der Waals surface area contributed by atoms with Crippen molar-refractivity contribution in [2.24, 2.45) is 0 Å². The Hall–Kier alpha value is -2.18. The summed E-state index contributed by atoms with van der Waals surface area (Å²) in [5.74, 6) is -1.76. The van der Waals surface area contributed by atoms with Gasteiger partial charge in [0.1, 0.15) is 17.3 Å². The van der Waals surface area contributed by atoms with Gasteiger partial charge in [-0.1, -0.05) is 29.8 Å². The van der Waals surface area contributed by atoms with Crippen molar-refractivity contribution in [2.45, 2.75) is 6.10 Å². The van der Waals surface area contributed by atoms with Crippen molar-refractivity contribution in [3.05, 3.63) is 64.7 Å². The molecule has 0 fully saturated rings. The van der Waals surface area contributed by atoms with Crippen LogP contribution in [0, 0.1) is 11.6 Å². The van der Waals surface area contributed by atoms with Gasteiger partial charge in [-0.05, 0) is 29.8 Å². The van der Waals surface area contributed by atoms with Gasteiger partial charge in [0.25, 0.3) is 0 Å². The van der Waals surface area contributed by atoms with E-state index in [4.69, 9.17) is 11.6 Å². The number of para-hydroxylation sites is 1. The van der Waals surface area contributed by atoms with E-state index in [1.165, 1.54) is 6.07 Å². The molecule has 0 bridgehead atoms. The van der Waals surface area contributed by atoms with Crippen LogP contribution in [-0.2, 0) is 0 Å². The summed E-state index contributed by atoms with van der Waals surface area (Å²) in [6, 6.07) is 8.87. The van der Waals surface area contributed by atoms with Crippen LogP contribution in [-0.4, -0.2) is 17.7 Å². The van der Waals surface area contributed by atoms with Crippen molar-refractivity contribution < 1.29 is 18.7 Å². The third kappa shape index (κ3) is 4.16. The number of nitrogens with one attached hydrogen (secondary N) is 2. The topological polar surface area (TPSA) is 61.4 Å². The standard InChI is InChI=1S/C15H13ClF2N2O2/c16-10-6-4-9(5-7-10)13(21)8-19-15(22)20-14-11(17)2-1-3-12(14)18/h1-7,13,21H,8H2,(H2,19,20,22). The minimum Gasteiger partial charge on any atom is -0.387 e. The molecule has 0 aromatic heterocycles. The second-order valence-corrected chi connectivity index (χ2v) is 4.94. The number of benzene rings is 2. The Balaban J connectivity index is 1.91. The summed E-state index contributed by atoms with van der Waals surface area (Å²) in [6.45, 7) is -0.121. The van der Waals surface area contributed by atoms with E-state index >= 15 is 0 Å². The van der Waals surface area contributed by atoms with Crippen molar-refractivity contribution in [3.8, 4) is 0 Å². The molecule has 0 radical (unpaired) electrons. The number of urea groups is 1. The number of carbonyl (C=O) groups is 1. The van der Waals surface area contributed by atoms with Crippen LogP contribution in [0.25, 0.3) is 0 Å². The fourth-order valence-electron chi connectivity index (χ4n) is 1.77.